The van der Waals surface area contributed by atoms with E-state index in [0.29, 0.717) is 35.2 Å². The van der Waals surface area contributed by atoms with Gasteiger partial charge < -0.3 is 19.1 Å². The fraction of sp³-hybridized carbons (Fsp3) is 0.520. The van der Waals surface area contributed by atoms with Gasteiger partial charge in [-0.15, -0.1) is 0 Å². The molecule has 1 amide bonds. The minimum absolute atomic E-state index is 0.0492. The Labute approximate surface area is 181 Å². The zero-order valence-corrected chi connectivity index (χ0v) is 18.3. The Morgan fingerprint density at radius 1 is 1.10 bits per heavy atom. The van der Waals surface area contributed by atoms with Crippen molar-refractivity contribution in [2.75, 3.05) is 19.6 Å². The van der Waals surface area contributed by atoms with Crippen molar-refractivity contribution in [1.82, 2.24) is 10.2 Å². The molecular formula is C25H30N2O4. The number of benzene rings is 1. The number of nitrogens with one attached hydrogen (secondary N) is 1. The van der Waals surface area contributed by atoms with Gasteiger partial charge in [0.1, 0.15) is 11.2 Å². The first-order valence-electron chi connectivity index (χ1n) is 11.5. The first-order valence-corrected chi connectivity index (χ1v) is 11.5. The molecule has 2 fully saturated rings. The molecule has 0 saturated carbocycles. The lowest BCUT2D eigenvalue weighted by Gasteiger charge is -2.44. The number of hydrogen-bond acceptors (Lipinski definition) is 5. The summed E-state index contributed by atoms with van der Waals surface area (Å²) in [6, 6.07) is 4.34. The lowest BCUT2D eigenvalue weighted by Crippen LogP contribution is -2.51. The van der Waals surface area contributed by atoms with Gasteiger partial charge in [-0.1, -0.05) is 6.42 Å². The van der Waals surface area contributed by atoms with Crippen LogP contribution in [-0.4, -0.2) is 36.5 Å². The van der Waals surface area contributed by atoms with E-state index >= 15 is 0 Å². The van der Waals surface area contributed by atoms with E-state index in [-0.39, 0.29) is 12.3 Å². The first-order chi connectivity index (χ1) is 15.0. The van der Waals surface area contributed by atoms with Crippen LogP contribution in [-0.2, 0) is 11.2 Å². The highest BCUT2D eigenvalue weighted by atomic mass is 16.4. The number of carbonyl (C=O) groups excluding carboxylic acids is 1. The largest absolute Gasteiger partial charge is 0.464 e. The molecule has 0 unspecified atom stereocenters. The van der Waals surface area contributed by atoms with E-state index in [1.807, 2.05) is 19.9 Å². The summed E-state index contributed by atoms with van der Waals surface area (Å²) in [5, 5.41) is 4.96. The summed E-state index contributed by atoms with van der Waals surface area (Å²) in [6.07, 6.45) is 7.92. The Morgan fingerprint density at radius 2 is 1.94 bits per heavy atom. The van der Waals surface area contributed by atoms with E-state index in [0.717, 1.165) is 21.9 Å². The van der Waals surface area contributed by atoms with Crippen LogP contribution in [0.2, 0.25) is 0 Å². The number of nitrogens with zero attached hydrogens (tertiary/aromatic N) is 1. The van der Waals surface area contributed by atoms with Crippen molar-refractivity contribution in [3.05, 3.63) is 45.5 Å². The average molecular weight is 423 g/mol. The minimum Gasteiger partial charge on any atom is -0.464 e. The second-order valence-electron chi connectivity index (χ2n) is 9.24. The van der Waals surface area contributed by atoms with Gasteiger partial charge in [-0.2, -0.15) is 0 Å². The van der Waals surface area contributed by atoms with Crippen LogP contribution in [0, 0.1) is 19.8 Å². The molecule has 0 bridgehead atoms. The number of fused-ring (bicyclic) bond motifs is 3. The number of hydrogen-bond donors (Lipinski definition) is 1. The molecule has 1 aromatic carbocycles. The van der Waals surface area contributed by atoms with Crippen molar-refractivity contribution < 1.29 is 13.6 Å². The fourth-order valence-corrected chi connectivity index (χ4v) is 5.52. The van der Waals surface area contributed by atoms with Crippen LogP contribution >= 0.6 is 0 Å². The molecule has 2 aromatic heterocycles. The summed E-state index contributed by atoms with van der Waals surface area (Å²) in [5.74, 6) is 0.396. The maximum atomic E-state index is 12.8. The number of furan rings is 1. The third-order valence-electron chi connectivity index (χ3n) is 7.30. The Hall–Kier alpha value is -2.60. The summed E-state index contributed by atoms with van der Waals surface area (Å²) >= 11 is 0. The zero-order valence-electron chi connectivity index (χ0n) is 18.3. The van der Waals surface area contributed by atoms with E-state index < -0.39 is 5.63 Å². The van der Waals surface area contributed by atoms with E-state index in [2.05, 4.69) is 10.2 Å². The fourth-order valence-electron chi connectivity index (χ4n) is 5.52. The van der Waals surface area contributed by atoms with Crippen LogP contribution in [0.5, 0.6) is 0 Å². The SMILES string of the molecule is Cc1coc2cc3oc(=O)c(CC(=O)NC[C@H]4CCCN5CCCC[C@@H]45)c(C)c3cc12. The Morgan fingerprint density at radius 3 is 2.81 bits per heavy atom. The second-order valence-corrected chi connectivity index (χ2v) is 9.24. The predicted molar refractivity (Wildman–Crippen MR) is 120 cm³/mol. The van der Waals surface area contributed by atoms with Gasteiger partial charge in [-0.3, -0.25) is 4.79 Å². The molecule has 5 rings (SSSR count). The van der Waals surface area contributed by atoms with Gasteiger partial charge in [0.25, 0.3) is 0 Å². The molecule has 0 spiro atoms. The maximum absolute atomic E-state index is 12.8. The summed E-state index contributed by atoms with van der Waals surface area (Å²) in [5.41, 5.74) is 3.02. The van der Waals surface area contributed by atoms with Gasteiger partial charge in [-0.25, -0.2) is 4.79 Å². The Bertz CT molecular complexity index is 1190. The van der Waals surface area contributed by atoms with Gasteiger partial charge in [-0.05, 0) is 75.7 Å². The van der Waals surface area contributed by atoms with Crippen LogP contribution in [0.25, 0.3) is 21.9 Å². The molecular weight excluding hydrogens is 392 g/mol. The maximum Gasteiger partial charge on any atom is 0.340 e. The van der Waals surface area contributed by atoms with Crippen molar-refractivity contribution in [3.63, 3.8) is 0 Å². The highest BCUT2D eigenvalue weighted by Gasteiger charge is 2.33. The van der Waals surface area contributed by atoms with Gasteiger partial charge >= 0.3 is 5.63 Å². The molecule has 2 aliphatic heterocycles. The van der Waals surface area contributed by atoms with E-state index in [9.17, 15) is 9.59 Å². The highest BCUT2D eigenvalue weighted by Crippen LogP contribution is 2.31. The topological polar surface area (TPSA) is 75.7 Å². The average Bonchev–Trinajstić information content (AvgIpc) is 3.13. The number of aryl methyl sites for hydroxylation is 2. The van der Waals surface area contributed by atoms with Crippen LogP contribution in [0.15, 0.2) is 32.0 Å². The normalized spacial score (nSPS) is 22.0. The molecule has 6 nitrogen and oxygen atoms in total. The lowest BCUT2D eigenvalue weighted by atomic mass is 9.83. The third-order valence-corrected chi connectivity index (χ3v) is 7.30. The molecule has 6 heteroatoms. The van der Waals surface area contributed by atoms with Gasteiger partial charge in [0.15, 0.2) is 0 Å². The molecule has 0 aliphatic carbocycles. The van der Waals surface area contributed by atoms with Crippen molar-refractivity contribution in [3.8, 4) is 0 Å². The molecule has 2 aliphatic rings. The van der Waals surface area contributed by atoms with Crippen molar-refractivity contribution >= 4 is 27.8 Å². The molecule has 4 heterocycles. The quantitative estimate of drug-likeness (QED) is 0.641. The highest BCUT2D eigenvalue weighted by molar-refractivity contribution is 5.96. The molecule has 1 N–H and O–H groups in total. The minimum atomic E-state index is -0.445. The molecule has 164 valence electrons. The molecule has 2 atom stereocenters. The predicted octanol–water partition coefficient (Wildman–Crippen LogP) is 4.08. The van der Waals surface area contributed by atoms with E-state index in [4.69, 9.17) is 8.83 Å². The van der Waals surface area contributed by atoms with Gasteiger partial charge in [0, 0.05) is 29.4 Å². The molecule has 0 radical (unpaired) electrons. The van der Waals surface area contributed by atoms with Crippen molar-refractivity contribution in [2.24, 2.45) is 5.92 Å². The van der Waals surface area contributed by atoms with E-state index in [1.165, 1.54) is 45.2 Å². The standard InChI is InChI=1S/C25H30N2O4/c1-15-14-30-22-12-23-19(10-18(15)22)16(2)20(25(29)31-23)11-24(28)26-13-17-6-5-9-27-8-4-3-7-21(17)27/h10,12,14,17,21H,3-9,11,13H2,1-2H3,(H,26,28)/t17-,21+/m1/s1. The number of rotatable bonds is 4. The molecule has 2 saturated heterocycles. The van der Waals surface area contributed by atoms with Gasteiger partial charge in [0.2, 0.25) is 5.91 Å². The molecule has 3 aromatic rings. The second kappa shape index (κ2) is 8.15. The Kier molecular flexibility index (Phi) is 5.34. The molecule has 31 heavy (non-hydrogen) atoms. The van der Waals surface area contributed by atoms with Crippen LogP contribution in [0.3, 0.4) is 0 Å². The third kappa shape index (κ3) is 3.78. The van der Waals surface area contributed by atoms with Crippen molar-refractivity contribution in [2.45, 2.75) is 58.4 Å². The summed E-state index contributed by atoms with van der Waals surface area (Å²) < 4.78 is 11.1. The van der Waals surface area contributed by atoms with E-state index in [1.54, 1.807) is 12.3 Å². The van der Waals surface area contributed by atoms with Crippen molar-refractivity contribution in [1.29, 1.82) is 0 Å². The first kappa shape index (κ1) is 20.3. The van der Waals surface area contributed by atoms with Crippen LogP contribution < -0.4 is 10.9 Å². The van der Waals surface area contributed by atoms with Crippen LogP contribution in [0.1, 0.15) is 48.8 Å². The zero-order chi connectivity index (χ0) is 21.5. The lowest BCUT2D eigenvalue weighted by molar-refractivity contribution is -0.120. The summed E-state index contributed by atoms with van der Waals surface area (Å²) in [4.78, 5) is 28.0. The number of carbonyl (C=O) groups is 1. The smallest absolute Gasteiger partial charge is 0.340 e. The Balaban J connectivity index is 1.33. The summed E-state index contributed by atoms with van der Waals surface area (Å²) in [7, 11) is 0. The monoisotopic (exact) mass is 422 g/mol. The van der Waals surface area contributed by atoms with Crippen LogP contribution in [0.4, 0.5) is 0 Å². The number of amides is 1. The van der Waals surface area contributed by atoms with Gasteiger partial charge in [0.05, 0.1) is 18.2 Å². The number of piperidine rings is 2. The summed E-state index contributed by atoms with van der Waals surface area (Å²) in [6.45, 7) is 6.95.